The van der Waals surface area contributed by atoms with Crippen molar-refractivity contribution in [1.82, 2.24) is 0 Å². The van der Waals surface area contributed by atoms with Gasteiger partial charge in [-0.1, -0.05) is 0 Å². The minimum atomic E-state index is -2.98. The summed E-state index contributed by atoms with van der Waals surface area (Å²) < 4.78 is 37.4. The first-order valence-electron chi connectivity index (χ1n) is 3.94. The minimum absolute atomic E-state index is 0. The molecule has 88 valence electrons. The number of nitrogens with zero attached hydrogens (tertiary/aromatic N) is 1. The van der Waals surface area contributed by atoms with E-state index in [-0.39, 0.29) is 18.0 Å². The highest BCUT2D eigenvalue weighted by Crippen LogP contribution is 2.31. The molecule has 0 heterocycles. The first-order valence-corrected chi connectivity index (χ1v) is 3.94. The summed E-state index contributed by atoms with van der Waals surface area (Å²) in [6, 6.07) is 1.49. The van der Waals surface area contributed by atoms with Gasteiger partial charge in [0.1, 0.15) is 0 Å². The Kier molecular flexibility index (Phi) is 5.08. The lowest BCUT2D eigenvalue weighted by atomic mass is 10.0. The van der Waals surface area contributed by atoms with Crippen molar-refractivity contribution in [3.63, 3.8) is 0 Å². The smallest absolute Gasteiger partial charge is 0.257 e. The van der Waals surface area contributed by atoms with Crippen molar-refractivity contribution in [3.8, 4) is 11.8 Å². The van der Waals surface area contributed by atoms with Gasteiger partial charge in [0.2, 0.25) is 0 Å². The third kappa shape index (κ3) is 2.56. The Morgan fingerprint density at radius 3 is 2.38 bits per heavy atom. The van der Waals surface area contributed by atoms with Crippen molar-refractivity contribution in [2.75, 3.05) is 0 Å². The van der Waals surface area contributed by atoms with Gasteiger partial charge in [-0.05, 0) is 12.1 Å². The fourth-order valence-corrected chi connectivity index (χ4v) is 1.14. The Balaban J connectivity index is 0.00000225. The molecule has 0 aliphatic carbocycles. The summed E-state index contributed by atoms with van der Waals surface area (Å²) >= 11 is 0. The lowest BCUT2D eigenvalue weighted by Gasteiger charge is -2.14. The zero-order chi connectivity index (χ0) is 11.6. The number of hydrogen-bond acceptors (Lipinski definition) is 3. The third-order valence-electron chi connectivity index (χ3n) is 1.89. The molecule has 3 nitrogen and oxygen atoms in total. The average molecular weight is 253 g/mol. The van der Waals surface area contributed by atoms with Gasteiger partial charge in [0.25, 0.3) is 6.43 Å². The van der Waals surface area contributed by atoms with Crippen molar-refractivity contribution in [3.05, 3.63) is 29.1 Å². The minimum Gasteiger partial charge on any atom is -0.505 e. The largest absolute Gasteiger partial charge is 0.505 e. The molecule has 0 aliphatic heterocycles. The standard InChI is InChI=1S/C9H7F3N2O.ClH/c10-5-2-1-4(3-13)6(8(5)15)7(14)9(11)12;/h1-2,7,9,15H,14H2;1H/t7-;/m0./s1. The summed E-state index contributed by atoms with van der Waals surface area (Å²) in [6.07, 6.45) is -2.98. The van der Waals surface area contributed by atoms with E-state index in [0.29, 0.717) is 0 Å². The molecule has 3 N–H and O–H groups in total. The Hall–Kier alpha value is -1.45. The van der Waals surface area contributed by atoms with E-state index in [9.17, 15) is 18.3 Å². The monoisotopic (exact) mass is 252 g/mol. The van der Waals surface area contributed by atoms with Crippen molar-refractivity contribution in [1.29, 1.82) is 5.26 Å². The van der Waals surface area contributed by atoms with Crippen molar-refractivity contribution >= 4 is 12.4 Å². The molecule has 0 spiro atoms. The molecule has 0 amide bonds. The van der Waals surface area contributed by atoms with Crippen LogP contribution in [0.3, 0.4) is 0 Å². The van der Waals surface area contributed by atoms with Crippen molar-refractivity contribution < 1.29 is 18.3 Å². The molecule has 0 radical (unpaired) electrons. The van der Waals surface area contributed by atoms with Crippen LogP contribution in [0, 0.1) is 17.1 Å². The Bertz CT molecular complexity index is 420. The van der Waals surface area contributed by atoms with Crippen LogP contribution in [-0.2, 0) is 0 Å². The fourth-order valence-electron chi connectivity index (χ4n) is 1.14. The van der Waals surface area contributed by atoms with Crippen LogP contribution in [0.4, 0.5) is 13.2 Å². The Morgan fingerprint density at radius 1 is 1.38 bits per heavy atom. The topological polar surface area (TPSA) is 70.0 Å². The maximum Gasteiger partial charge on any atom is 0.257 e. The second kappa shape index (κ2) is 5.58. The highest BCUT2D eigenvalue weighted by atomic mass is 35.5. The third-order valence-corrected chi connectivity index (χ3v) is 1.89. The molecule has 1 aromatic rings. The van der Waals surface area contributed by atoms with E-state index in [1.807, 2.05) is 0 Å². The van der Waals surface area contributed by atoms with E-state index in [2.05, 4.69) is 0 Å². The lowest BCUT2D eigenvalue weighted by Crippen LogP contribution is -2.20. The molecule has 0 aliphatic rings. The number of halogens is 4. The molecule has 1 rings (SSSR count). The SMILES string of the molecule is Cl.N#Cc1ccc(F)c(O)c1[C@H](N)C(F)F. The average Bonchev–Trinajstić information content (AvgIpc) is 2.20. The molecule has 0 aromatic heterocycles. The summed E-state index contributed by atoms with van der Waals surface area (Å²) in [7, 11) is 0. The van der Waals surface area contributed by atoms with E-state index in [4.69, 9.17) is 11.0 Å². The second-order valence-corrected chi connectivity index (χ2v) is 2.83. The zero-order valence-electron chi connectivity index (χ0n) is 7.82. The number of rotatable bonds is 2. The first kappa shape index (κ1) is 14.6. The molecule has 0 saturated heterocycles. The number of nitriles is 1. The van der Waals surface area contributed by atoms with E-state index >= 15 is 0 Å². The van der Waals surface area contributed by atoms with E-state index in [0.717, 1.165) is 12.1 Å². The maximum atomic E-state index is 12.9. The van der Waals surface area contributed by atoms with Gasteiger partial charge in [-0.15, -0.1) is 12.4 Å². The van der Waals surface area contributed by atoms with Gasteiger partial charge in [-0.2, -0.15) is 5.26 Å². The van der Waals surface area contributed by atoms with Crippen molar-refractivity contribution in [2.24, 2.45) is 5.73 Å². The second-order valence-electron chi connectivity index (χ2n) is 2.83. The van der Waals surface area contributed by atoms with Gasteiger partial charge in [-0.3, -0.25) is 0 Å². The van der Waals surface area contributed by atoms with Gasteiger partial charge in [0.05, 0.1) is 17.7 Å². The quantitative estimate of drug-likeness (QED) is 0.847. The normalized spacial score (nSPS) is 11.8. The molecular formula is C9H8ClF3N2O. The molecule has 1 aromatic carbocycles. The number of nitrogens with two attached hydrogens (primary N) is 1. The lowest BCUT2D eigenvalue weighted by molar-refractivity contribution is 0.115. The van der Waals surface area contributed by atoms with Crippen LogP contribution in [-0.4, -0.2) is 11.5 Å². The van der Waals surface area contributed by atoms with E-state index < -0.39 is 29.6 Å². The summed E-state index contributed by atoms with van der Waals surface area (Å²) in [5, 5.41) is 17.8. The number of aromatic hydroxyl groups is 1. The van der Waals surface area contributed by atoms with Crippen molar-refractivity contribution in [2.45, 2.75) is 12.5 Å². The van der Waals surface area contributed by atoms with Crippen LogP contribution in [0.2, 0.25) is 0 Å². The molecule has 16 heavy (non-hydrogen) atoms. The molecule has 0 fully saturated rings. The molecular weight excluding hydrogens is 245 g/mol. The Labute approximate surface area is 95.7 Å². The van der Waals surface area contributed by atoms with Crippen LogP contribution in [0.5, 0.6) is 5.75 Å². The van der Waals surface area contributed by atoms with Gasteiger partial charge >= 0.3 is 0 Å². The number of phenolic OH excluding ortho intramolecular Hbond substituents is 1. The summed E-state index contributed by atoms with van der Waals surface area (Å²) in [5.41, 5.74) is 4.23. The highest BCUT2D eigenvalue weighted by molar-refractivity contribution is 5.85. The van der Waals surface area contributed by atoms with Crippen LogP contribution >= 0.6 is 12.4 Å². The van der Waals surface area contributed by atoms with Gasteiger partial charge in [-0.25, -0.2) is 13.2 Å². The molecule has 0 saturated carbocycles. The number of hydrogen-bond donors (Lipinski definition) is 2. The fraction of sp³-hybridized carbons (Fsp3) is 0.222. The highest BCUT2D eigenvalue weighted by Gasteiger charge is 2.25. The summed E-state index contributed by atoms with van der Waals surface area (Å²) in [4.78, 5) is 0. The number of alkyl halides is 2. The van der Waals surface area contributed by atoms with Crippen LogP contribution < -0.4 is 5.73 Å². The van der Waals surface area contributed by atoms with Gasteiger partial charge < -0.3 is 10.8 Å². The summed E-state index contributed by atoms with van der Waals surface area (Å²) in [5.74, 6) is -2.08. The molecule has 0 unspecified atom stereocenters. The molecule has 7 heteroatoms. The number of benzene rings is 1. The maximum absolute atomic E-state index is 12.9. The van der Waals surface area contributed by atoms with Crippen LogP contribution in [0.25, 0.3) is 0 Å². The summed E-state index contributed by atoms with van der Waals surface area (Å²) in [6.45, 7) is 0. The molecule has 0 bridgehead atoms. The predicted octanol–water partition coefficient (Wildman–Crippen LogP) is 2.09. The van der Waals surface area contributed by atoms with Gasteiger partial charge in [0.15, 0.2) is 11.6 Å². The zero-order valence-corrected chi connectivity index (χ0v) is 8.64. The van der Waals surface area contributed by atoms with E-state index in [1.54, 1.807) is 6.07 Å². The molecule has 1 atom stereocenters. The Morgan fingerprint density at radius 2 is 1.94 bits per heavy atom. The first-order chi connectivity index (χ1) is 6.99. The van der Waals surface area contributed by atoms with Crippen LogP contribution in [0.1, 0.15) is 17.2 Å². The van der Waals surface area contributed by atoms with Gasteiger partial charge in [0, 0.05) is 5.56 Å². The predicted molar refractivity (Wildman–Crippen MR) is 53.0 cm³/mol. The van der Waals surface area contributed by atoms with E-state index in [1.165, 1.54) is 0 Å². The van der Waals surface area contributed by atoms with Crippen LogP contribution in [0.15, 0.2) is 12.1 Å². The number of phenols is 1.